The Labute approximate surface area is 148 Å². The molecule has 0 aromatic carbocycles. The van der Waals surface area contributed by atoms with Crippen molar-refractivity contribution in [2.24, 2.45) is 5.10 Å². The van der Waals surface area contributed by atoms with Gasteiger partial charge in [-0.1, -0.05) is 0 Å². The fourth-order valence-corrected chi connectivity index (χ4v) is 2.64. The van der Waals surface area contributed by atoms with Crippen molar-refractivity contribution < 1.29 is 28.3 Å². The maximum Gasteiger partial charge on any atom is 0.355 e. The van der Waals surface area contributed by atoms with E-state index in [0.717, 1.165) is 0 Å². The van der Waals surface area contributed by atoms with Crippen LogP contribution in [-0.4, -0.2) is 72.0 Å². The van der Waals surface area contributed by atoms with E-state index in [9.17, 15) is 19.2 Å². The van der Waals surface area contributed by atoms with Crippen molar-refractivity contribution >= 4 is 29.4 Å². The number of furan rings is 1. The summed E-state index contributed by atoms with van der Waals surface area (Å²) in [6.07, 6.45) is 1.78. The predicted molar refractivity (Wildman–Crippen MR) is 87.0 cm³/mol. The smallest absolute Gasteiger partial charge is 0.355 e. The molecule has 0 saturated carbocycles. The van der Waals surface area contributed by atoms with Gasteiger partial charge in [0.1, 0.15) is 5.71 Å². The Morgan fingerprint density at radius 1 is 1.15 bits per heavy atom. The van der Waals surface area contributed by atoms with Gasteiger partial charge in [-0.3, -0.25) is 14.4 Å². The molecule has 10 heteroatoms. The molecule has 1 aromatic rings. The number of nitrogens with zero attached hydrogens (tertiary/aromatic N) is 3. The van der Waals surface area contributed by atoms with Gasteiger partial charge in [0.2, 0.25) is 5.91 Å². The maximum absolute atomic E-state index is 12.2. The van der Waals surface area contributed by atoms with Gasteiger partial charge in [-0.15, -0.1) is 0 Å². The SMILES string of the molecule is O=C1CCC(C(=O)OCC(=O)N2CCN(C(=O)c3ccco3)CC2)=NN1. The molecule has 1 fully saturated rings. The number of carbonyl (C=O) groups is 4. The van der Waals surface area contributed by atoms with Crippen LogP contribution in [0.4, 0.5) is 0 Å². The Kier molecular flexibility index (Phi) is 5.30. The summed E-state index contributed by atoms with van der Waals surface area (Å²) in [6.45, 7) is 1.04. The number of rotatable bonds is 4. The summed E-state index contributed by atoms with van der Waals surface area (Å²) in [6, 6.07) is 3.24. The lowest BCUT2D eigenvalue weighted by Crippen LogP contribution is -2.51. The zero-order valence-electron chi connectivity index (χ0n) is 14.0. The van der Waals surface area contributed by atoms with E-state index in [4.69, 9.17) is 9.15 Å². The molecule has 1 aromatic heterocycles. The second kappa shape index (κ2) is 7.81. The molecule has 1 N–H and O–H groups in total. The highest BCUT2D eigenvalue weighted by molar-refractivity contribution is 6.37. The van der Waals surface area contributed by atoms with Crippen molar-refractivity contribution in [1.82, 2.24) is 15.2 Å². The fraction of sp³-hybridized carbons (Fsp3) is 0.438. The highest BCUT2D eigenvalue weighted by Crippen LogP contribution is 2.10. The number of carbonyl (C=O) groups excluding carboxylic acids is 4. The van der Waals surface area contributed by atoms with Crippen LogP contribution in [0.5, 0.6) is 0 Å². The van der Waals surface area contributed by atoms with Gasteiger partial charge < -0.3 is 19.0 Å². The number of hydrazone groups is 1. The Hall–Kier alpha value is -3.17. The number of ether oxygens (including phenoxy) is 1. The van der Waals surface area contributed by atoms with Gasteiger partial charge in [0.05, 0.1) is 6.26 Å². The second-order valence-corrected chi connectivity index (χ2v) is 5.82. The molecular formula is C16H18N4O6. The van der Waals surface area contributed by atoms with Gasteiger partial charge in [-0.25, -0.2) is 10.2 Å². The topological polar surface area (TPSA) is 122 Å². The molecule has 2 aliphatic heterocycles. The van der Waals surface area contributed by atoms with E-state index in [-0.39, 0.29) is 42.0 Å². The summed E-state index contributed by atoms with van der Waals surface area (Å²) >= 11 is 0. The largest absolute Gasteiger partial charge is 0.459 e. The standard InChI is InChI=1S/C16H18N4O6/c21-13-4-3-11(17-18-13)16(24)26-10-14(22)19-5-7-20(8-6-19)15(23)12-2-1-9-25-12/h1-2,9H,3-8,10H2,(H,18,21). The van der Waals surface area contributed by atoms with Gasteiger partial charge in [-0.2, -0.15) is 5.10 Å². The van der Waals surface area contributed by atoms with Gasteiger partial charge in [0.15, 0.2) is 12.4 Å². The van der Waals surface area contributed by atoms with E-state index in [1.165, 1.54) is 11.2 Å². The number of hydrogen-bond donors (Lipinski definition) is 1. The highest BCUT2D eigenvalue weighted by atomic mass is 16.5. The number of piperazine rings is 1. The molecule has 0 spiro atoms. The lowest BCUT2D eigenvalue weighted by Gasteiger charge is -2.34. The van der Waals surface area contributed by atoms with E-state index < -0.39 is 12.6 Å². The molecule has 1 saturated heterocycles. The average molecular weight is 362 g/mol. The summed E-state index contributed by atoms with van der Waals surface area (Å²) in [4.78, 5) is 50.3. The van der Waals surface area contributed by atoms with Gasteiger partial charge in [0.25, 0.3) is 11.8 Å². The van der Waals surface area contributed by atoms with Crippen LogP contribution in [0, 0.1) is 0 Å². The molecule has 3 rings (SSSR count). The summed E-state index contributed by atoms with van der Waals surface area (Å²) < 4.78 is 10.0. The number of amides is 3. The van der Waals surface area contributed by atoms with Crippen LogP contribution in [0.3, 0.4) is 0 Å². The first kappa shape index (κ1) is 17.6. The minimum atomic E-state index is -0.718. The van der Waals surface area contributed by atoms with Gasteiger partial charge in [0, 0.05) is 39.0 Å². The van der Waals surface area contributed by atoms with Crippen molar-refractivity contribution in [3.05, 3.63) is 24.2 Å². The minimum absolute atomic E-state index is 0.0891. The third-order valence-corrected chi connectivity index (χ3v) is 4.12. The molecule has 0 unspecified atom stereocenters. The predicted octanol–water partition coefficient (Wildman–Crippen LogP) is -0.627. The van der Waals surface area contributed by atoms with E-state index in [2.05, 4.69) is 10.5 Å². The Morgan fingerprint density at radius 3 is 2.50 bits per heavy atom. The zero-order valence-corrected chi connectivity index (χ0v) is 14.0. The number of esters is 1. The normalized spacial score (nSPS) is 17.4. The zero-order chi connectivity index (χ0) is 18.5. The van der Waals surface area contributed by atoms with E-state index in [1.54, 1.807) is 17.0 Å². The molecule has 0 atom stereocenters. The van der Waals surface area contributed by atoms with Crippen LogP contribution in [0.1, 0.15) is 23.4 Å². The Morgan fingerprint density at radius 2 is 1.88 bits per heavy atom. The summed E-state index contributed by atoms with van der Waals surface area (Å²) in [5.74, 6) is -1.28. The summed E-state index contributed by atoms with van der Waals surface area (Å²) in [5.41, 5.74) is 2.29. The second-order valence-electron chi connectivity index (χ2n) is 5.82. The molecule has 0 radical (unpaired) electrons. The van der Waals surface area contributed by atoms with Crippen molar-refractivity contribution in [2.75, 3.05) is 32.8 Å². The fourth-order valence-electron chi connectivity index (χ4n) is 2.64. The quantitative estimate of drug-likeness (QED) is 0.712. The Bertz CT molecular complexity index is 734. The molecule has 2 aliphatic rings. The van der Waals surface area contributed by atoms with Crippen LogP contribution in [0.2, 0.25) is 0 Å². The molecule has 0 bridgehead atoms. The van der Waals surface area contributed by atoms with E-state index >= 15 is 0 Å². The molecule has 138 valence electrons. The molecule has 0 aliphatic carbocycles. The highest BCUT2D eigenvalue weighted by Gasteiger charge is 2.27. The van der Waals surface area contributed by atoms with Crippen LogP contribution in [0.25, 0.3) is 0 Å². The van der Waals surface area contributed by atoms with Crippen LogP contribution < -0.4 is 5.43 Å². The molecule has 3 heterocycles. The molecular weight excluding hydrogens is 344 g/mol. The van der Waals surface area contributed by atoms with E-state index in [0.29, 0.717) is 26.2 Å². The van der Waals surface area contributed by atoms with Crippen LogP contribution in [-0.2, 0) is 19.1 Å². The minimum Gasteiger partial charge on any atom is -0.459 e. The van der Waals surface area contributed by atoms with E-state index in [1.807, 2.05) is 0 Å². The lowest BCUT2D eigenvalue weighted by molar-refractivity contribution is -0.147. The number of hydrogen-bond acceptors (Lipinski definition) is 7. The first-order valence-electron chi connectivity index (χ1n) is 8.17. The third kappa shape index (κ3) is 4.08. The third-order valence-electron chi connectivity index (χ3n) is 4.12. The summed E-state index contributed by atoms with van der Waals surface area (Å²) in [7, 11) is 0. The summed E-state index contributed by atoms with van der Waals surface area (Å²) in [5, 5.41) is 3.62. The first-order valence-corrected chi connectivity index (χ1v) is 8.17. The van der Waals surface area contributed by atoms with Crippen molar-refractivity contribution in [3.63, 3.8) is 0 Å². The molecule has 3 amide bonds. The van der Waals surface area contributed by atoms with Crippen molar-refractivity contribution in [2.45, 2.75) is 12.8 Å². The maximum atomic E-state index is 12.2. The van der Waals surface area contributed by atoms with Crippen molar-refractivity contribution in [3.8, 4) is 0 Å². The first-order chi connectivity index (χ1) is 12.5. The lowest BCUT2D eigenvalue weighted by atomic mass is 10.2. The van der Waals surface area contributed by atoms with Gasteiger partial charge >= 0.3 is 5.97 Å². The number of nitrogens with one attached hydrogen (secondary N) is 1. The molecule has 26 heavy (non-hydrogen) atoms. The molecule has 10 nitrogen and oxygen atoms in total. The average Bonchev–Trinajstić information content (AvgIpc) is 3.20. The van der Waals surface area contributed by atoms with Gasteiger partial charge in [-0.05, 0) is 12.1 Å². The monoisotopic (exact) mass is 362 g/mol. The van der Waals surface area contributed by atoms with Crippen LogP contribution >= 0.6 is 0 Å². The van der Waals surface area contributed by atoms with Crippen molar-refractivity contribution in [1.29, 1.82) is 0 Å². The Balaban J connectivity index is 1.43. The van der Waals surface area contributed by atoms with Crippen LogP contribution in [0.15, 0.2) is 27.9 Å².